The predicted octanol–water partition coefficient (Wildman–Crippen LogP) is 3.16. The minimum atomic E-state index is -0.328. The highest BCUT2D eigenvalue weighted by atomic mass is 16.5. The number of nitrogens with zero attached hydrogens (tertiary/aromatic N) is 3. The normalized spacial score (nSPS) is 12.3. The van der Waals surface area contributed by atoms with Crippen LogP contribution >= 0.6 is 0 Å². The minimum absolute atomic E-state index is 0.0798. The third-order valence-corrected chi connectivity index (χ3v) is 5.06. The molecule has 0 bridgehead atoms. The molecule has 0 aliphatic carbocycles. The molecule has 0 aliphatic heterocycles. The molecule has 0 fully saturated rings. The van der Waals surface area contributed by atoms with E-state index in [1.807, 2.05) is 30.0 Å². The van der Waals surface area contributed by atoms with E-state index in [4.69, 9.17) is 14.5 Å². The summed E-state index contributed by atoms with van der Waals surface area (Å²) in [6.45, 7) is 5.93. The second kappa shape index (κ2) is 11.7. The zero-order valence-corrected chi connectivity index (χ0v) is 18.0. The summed E-state index contributed by atoms with van der Waals surface area (Å²) in [4.78, 5) is 32.7. The van der Waals surface area contributed by atoms with Gasteiger partial charge >= 0.3 is 0 Å². The topological polar surface area (TPSA) is 73.7 Å². The lowest BCUT2D eigenvalue weighted by molar-refractivity contribution is -0.134. The number of hydrogen-bond donors (Lipinski definition) is 0. The Morgan fingerprint density at radius 3 is 2.59 bits per heavy atom. The van der Waals surface area contributed by atoms with Crippen molar-refractivity contribution in [2.75, 3.05) is 34.0 Å². The van der Waals surface area contributed by atoms with Crippen LogP contribution in [0.4, 0.5) is 0 Å². The van der Waals surface area contributed by atoms with Crippen molar-refractivity contribution in [1.29, 1.82) is 0 Å². The van der Waals surface area contributed by atoms with E-state index in [1.54, 1.807) is 24.9 Å². The van der Waals surface area contributed by atoms with Gasteiger partial charge in [0.15, 0.2) is 0 Å². The summed E-state index contributed by atoms with van der Waals surface area (Å²) in [6, 6.07) is 6.99. The van der Waals surface area contributed by atoms with Crippen LogP contribution in [0.2, 0.25) is 0 Å². The van der Waals surface area contributed by atoms with Crippen LogP contribution in [-0.4, -0.2) is 54.3 Å². The molecule has 7 heteroatoms. The van der Waals surface area contributed by atoms with Crippen LogP contribution in [0.1, 0.15) is 51.4 Å². The molecule has 1 amide bonds. The van der Waals surface area contributed by atoms with E-state index in [1.165, 1.54) is 0 Å². The summed E-state index contributed by atoms with van der Waals surface area (Å²) in [6.07, 6.45) is 3.02. The molecule has 1 heterocycles. The molecule has 0 N–H and O–H groups in total. The van der Waals surface area contributed by atoms with Gasteiger partial charge in [0, 0.05) is 33.8 Å². The van der Waals surface area contributed by atoms with Crippen molar-refractivity contribution in [2.24, 2.45) is 0 Å². The number of methoxy groups -OCH3 is 2. The summed E-state index contributed by atoms with van der Waals surface area (Å²) in [5, 5.41) is 0.572. The first-order chi connectivity index (χ1) is 14.0. The van der Waals surface area contributed by atoms with Gasteiger partial charge in [-0.3, -0.25) is 14.2 Å². The maximum absolute atomic E-state index is 13.1. The van der Waals surface area contributed by atoms with Crippen molar-refractivity contribution in [2.45, 2.75) is 52.1 Å². The number of rotatable bonds is 12. The second-order valence-corrected chi connectivity index (χ2v) is 7.15. The Kier molecular flexibility index (Phi) is 9.28. The Hall–Kier alpha value is -2.25. The Balaban J connectivity index is 2.47. The van der Waals surface area contributed by atoms with Crippen molar-refractivity contribution < 1.29 is 14.3 Å². The van der Waals surface area contributed by atoms with Gasteiger partial charge in [0.2, 0.25) is 5.91 Å². The zero-order chi connectivity index (χ0) is 21.2. The molecule has 0 aliphatic rings. The number of ether oxygens (including phenoxy) is 2. The number of carbonyl (C=O) groups is 1. The average molecular weight is 404 g/mol. The van der Waals surface area contributed by atoms with E-state index in [9.17, 15) is 9.59 Å². The van der Waals surface area contributed by atoms with E-state index < -0.39 is 0 Å². The predicted molar refractivity (Wildman–Crippen MR) is 114 cm³/mol. The van der Waals surface area contributed by atoms with Gasteiger partial charge in [0.05, 0.1) is 30.1 Å². The third kappa shape index (κ3) is 5.87. The van der Waals surface area contributed by atoms with E-state index in [2.05, 4.69) is 6.92 Å². The molecule has 2 rings (SSSR count). The lowest BCUT2D eigenvalue weighted by atomic mass is 10.1. The maximum Gasteiger partial charge on any atom is 0.261 e. The minimum Gasteiger partial charge on any atom is -0.385 e. The van der Waals surface area contributed by atoms with Gasteiger partial charge in [0.1, 0.15) is 5.82 Å². The van der Waals surface area contributed by atoms with Crippen molar-refractivity contribution in [1.82, 2.24) is 14.5 Å². The maximum atomic E-state index is 13.1. The number of amides is 1. The fraction of sp³-hybridized carbons (Fsp3) is 0.591. The zero-order valence-electron chi connectivity index (χ0n) is 18.0. The van der Waals surface area contributed by atoms with Crippen LogP contribution in [-0.2, 0) is 20.8 Å². The van der Waals surface area contributed by atoms with Crippen LogP contribution in [0, 0.1) is 0 Å². The van der Waals surface area contributed by atoms with Gasteiger partial charge in [-0.1, -0.05) is 25.5 Å². The van der Waals surface area contributed by atoms with E-state index in [-0.39, 0.29) is 17.5 Å². The molecule has 0 radical (unpaired) electrons. The summed E-state index contributed by atoms with van der Waals surface area (Å²) in [7, 11) is 3.26. The van der Waals surface area contributed by atoms with Gasteiger partial charge < -0.3 is 14.4 Å². The first-order valence-corrected chi connectivity index (χ1v) is 10.3. The van der Waals surface area contributed by atoms with Gasteiger partial charge in [-0.2, -0.15) is 0 Å². The number of benzene rings is 1. The fourth-order valence-corrected chi connectivity index (χ4v) is 3.43. The smallest absolute Gasteiger partial charge is 0.261 e. The molecular weight excluding hydrogens is 370 g/mol. The number of para-hydroxylation sites is 1. The fourth-order valence-electron chi connectivity index (χ4n) is 3.43. The Morgan fingerprint density at radius 1 is 1.17 bits per heavy atom. The lowest BCUT2D eigenvalue weighted by Gasteiger charge is -2.30. The number of fused-ring (bicyclic) bond motifs is 1. The Bertz CT molecular complexity index is 850. The molecule has 7 nitrogen and oxygen atoms in total. The van der Waals surface area contributed by atoms with Gasteiger partial charge in [-0.15, -0.1) is 0 Å². The number of aromatic nitrogens is 2. The van der Waals surface area contributed by atoms with E-state index in [0.717, 1.165) is 19.3 Å². The molecule has 0 spiro atoms. The second-order valence-electron chi connectivity index (χ2n) is 7.15. The molecule has 1 aromatic carbocycles. The van der Waals surface area contributed by atoms with Crippen LogP contribution in [0.3, 0.4) is 0 Å². The standard InChI is InChI=1S/C22H33N3O4/c1-5-6-12-20(26)24(13-9-15-28-3)17(2)21-23-19-11-8-7-10-18(19)22(27)25(21)14-16-29-4/h7-8,10-11,17H,5-6,9,12-16H2,1-4H3. The largest absolute Gasteiger partial charge is 0.385 e. The van der Waals surface area contributed by atoms with Crippen molar-refractivity contribution >= 4 is 16.8 Å². The lowest BCUT2D eigenvalue weighted by Crippen LogP contribution is -2.39. The van der Waals surface area contributed by atoms with Crippen LogP contribution in [0.5, 0.6) is 0 Å². The molecule has 1 unspecified atom stereocenters. The SMILES string of the molecule is CCCCC(=O)N(CCCOC)C(C)c1nc2ccccc2c(=O)n1CCOC. The van der Waals surface area contributed by atoms with E-state index in [0.29, 0.717) is 49.5 Å². The number of hydrogen-bond acceptors (Lipinski definition) is 5. The highest BCUT2D eigenvalue weighted by Gasteiger charge is 2.25. The first kappa shape index (κ1) is 23.0. The summed E-state index contributed by atoms with van der Waals surface area (Å²) in [5.74, 6) is 0.671. The number of carbonyl (C=O) groups excluding carboxylic acids is 1. The highest BCUT2D eigenvalue weighted by molar-refractivity contribution is 5.78. The summed E-state index contributed by atoms with van der Waals surface area (Å²) >= 11 is 0. The van der Waals surface area contributed by atoms with Crippen molar-refractivity contribution in [3.63, 3.8) is 0 Å². The molecule has 1 atom stereocenters. The summed E-state index contributed by atoms with van der Waals surface area (Å²) in [5.41, 5.74) is 0.540. The molecule has 1 aromatic heterocycles. The van der Waals surface area contributed by atoms with Crippen molar-refractivity contribution in [3.05, 3.63) is 40.4 Å². The van der Waals surface area contributed by atoms with Gasteiger partial charge in [0.25, 0.3) is 5.56 Å². The number of unbranched alkanes of at least 4 members (excludes halogenated alkanes) is 1. The molecule has 29 heavy (non-hydrogen) atoms. The van der Waals surface area contributed by atoms with Crippen LogP contribution < -0.4 is 5.56 Å². The quantitative estimate of drug-likeness (QED) is 0.509. The first-order valence-electron chi connectivity index (χ1n) is 10.3. The Morgan fingerprint density at radius 2 is 1.90 bits per heavy atom. The molecule has 0 saturated carbocycles. The molecular formula is C22H33N3O4. The third-order valence-electron chi connectivity index (χ3n) is 5.06. The Labute approximate surface area is 172 Å². The molecule has 160 valence electrons. The molecule has 2 aromatic rings. The monoisotopic (exact) mass is 403 g/mol. The van der Waals surface area contributed by atoms with E-state index >= 15 is 0 Å². The van der Waals surface area contributed by atoms with Gasteiger partial charge in [-0.25, -0.2) is 4.98 Å². The van der Waals surface area contributed by atoms with Crippen LogP contribution in [0.25, 0.3) is 10.9 Å². The molecule has 0 saturated heterocycles. The highest BCUT2D eigenvalue weighted by Crippen LogP contribution is 2.22. The van der Waals surface area contributed by atoms with Crippen LogP contribution in [0.15, 0.2) is 29.1 Å². The van der Waals surface area contributed by atoms with Crippen molar-refractivity contribution in [3.8, 4) is 0 Å². The average Bonchev–Trinajstić information content (AvgIpc) is 2.74. The summed E-state index contributed by atoms with van der Waals surface area (Å²) < 4.78 is 12.0. The van der Waals surface area contributed by atoms with Gasteiger partial charge in [-0.05, 0) is 31.9 Å².